The lowest BCUT2D eigenvalue weighted by atomic mass is 10.2. The third kappa shape index (κ3) is 3.17. The summed E-state index contributed by atoms with van der Waals surface area (Å²) < 4.78 is 5.27. The normalized spacial score (nSPS) is 16.9. The van der Waals surface area contributed by atoms with Gasteiger partial charge in [-0.05, 0) is 23.8 Å². The van der Waals surface area contributed by atoms with Gasteiger partial charge >= 0.3 is 0 Å². The second kappa shape index (κ2) is 6.06. The maximum absolute atomic E-state index is 12.0. The van der Waals surface area contributed by atoms with Crippen molar-refractivity contribution in [2.45, 2.75) is 0 Å². The van der Waals surface area contributed by atoms with Crippen LogP contribution in [0.1, 0.15) is 5.56 Å². The van der Waals surface area contributed by atoms with Crippen LogP contribution in [-0.4, -0.2) is 34.8 Å². The van der Waals surface area contributed by atoms with Crippen molar-refractivity contribution in [3.8, 4) is 5.75 Å². The first kappa shape index (κ1) is 14.5. The molecular formula is C13H10NO4S2-. The fourth-order valence-corrected chi connectivity index (χ4v) is 2.87. The van der Waals surface area contributed by atoms with E-state index in [1.54, 1.807) is 37.5 Å². The van der Waals surface area contributed by atoms with Gasteiger partial charge in [0.1, 0.15) is 10.1 Å². The molecule has 7 heteroatoms. The number of hydrogen-bond acceptors (Lipinski definition) is 6. The molecule has 1 saturated heterocycles. The molecule has 0 aromatic heterocycles. The van der Waals surface area contributed by atoms with Crippen molar-refractivity contribution in [2.24, 2.45) is 0 Å². The average Bonchev–Trinajstić information content (AvgIpc) is 2.67. The maximum Gasteiger partial charge on any atom is 0.266 e. The summed E-state index contributed by atoms with van der Waals surface area (Å²) >= 11 is 6.06. The lowest BCUT2D eigenvalue weighted by molar-refractivity contribution is -0.305. The molecule has 0 saturated carbocycles. The summed E-state index contributed by atoms with van der Waals surface area (Å²) in [4.78, 5) is 24.0. The number of aliphatic carboxylic acids is 1. The number of rotatable bonds is 4. The standard InChI is InChI=1S/C13H11NO4S2/c1-18-9-4-2-8(3-5-9)6-10-12(17)14(7-11(15)16)13(19)20-10/h2-6H,7H2,1H3,(H,15,16)/p-1/b10-6+. The van der Waals surface area contributed by atoms with Crippen LogP contribution in [0.4, 0.5) is 0 Å². The Morgan fingerprint density at radius 1 is 1.45 bits per heavy atom. The molecular weight excluding hydrogens is 298 g/mol. The minimum absolute atomic E-state index is 0.221. The molecule has 0 spiro atoms. The van der Waals surface area contributed by atoms with E-state index in [1.807, 2.05) is 0 Å². The number of amides is 1. The molecule has 0 aliphatic carbocycles. The van der Waals surface area contributed by atoms with Crippen LogP contribution in [-0.2, 0) is 9.59 Å². The van der Waals surface area contributed by atoms with E-state index in [0.717, 1.165) is 22.2 Å². The zero-order chi connectivity index (χ0) is 14.7. The van der Waals surface area contributed by atoms with Gasteiger partial charge in [-0.25, -0.2) is 0 Å². The number of nitrogens with zero attached hydrogens (tertiary/aromatic N) is 1. The number of hydrogen-bond donors (Lipinski definition) is 0. The SMILES string of the molecule is COc1ccc(/C=C2/SC(=S)N(CC(=O)[O-])C2=O)cc1. The zero-order valence-electron chi connectivity index (χ0n) is 10.5. The number of thioether (sulfide) groups is 1. The van der Waals surface area contributed by atoms with Crippen molar-refractivity contribution < 1.29 is 19.4 Å². The first-order valence-electron chi connectivity index (χ1n) is 5.60. The van der Waals surface area contributed by atoms with E-state index >= 15 is 0 Å². The molecule has 0 N–H and O–H groups in total. The van der Waals surface area contributed by atoms with Crippen LogP contribution in [0.5, 0.6) is 5.75 Å². The number of carbonyl (C=O) groups is 2. The number of ether oxygens (including phenoxy) is 1. The largest absolute Gasteiger partial charge is 0.548 e. The molecule has 1 aromatic carbocycles. The summed E-state index contributed by atoms with van der Waals surface area (Å²) in [7, 11) is 1.57. The maximum atomic E-state index is 12.0. The number of methoxy groups -OCH3 is 1. The minimum atomic E-state index is -1.34. The van der Waals surface area contributed by atoms with Crippen LogP contribution < -0.4 is 9.84 Å². The van der Waals surface area contributed by atoms with Crippen molar-refractivity contribution >= 4 is 46.3 Å². The Kier molecular flexibility index (Phi) is 4.41. The highest BCUT2D eigenvalue weighted by atomic mass is 32.2. The van der Waals surface area contributed by atoms with E-state index in [-0.39, 0.29) is 4.32 Å². The van der Waals surface area contributed by atoms with E-state index in [0.29, 0.717) is 10.7 Å². The van der Waals surface area contributed by atoms with Gasteiger partial charge in [-0.2, -0.15) is 0 Å². The second-order valence-corrected chi connectivity index (χ2v) is 5.59. The predicted molar refractivity (Wildman–Crippen MR) is 77.9 cm³/mol. The summed E-state index contributed by atoms with van der Waals surface area (Å²) in [5, 5.41) is 10.6. The Bertz CT molecular complexity index is 595. The van der Waals surface area contributed by atoms with Crippen LogP contribution in [0.2, 0.25) is 0 Å². The lowest BCUT2D eigenvalue weighted by Gasteiger charge is -2.14. The smallest absolute Gasteiger partial charge is 0.266 e. The molecule has 0 atom stereocenters. The third-order valence-electron chi connectivity index (χ3n) is 2.57. The number of carbonyl (C=O) groups excluding carboxylic acids is 2. The highest BCUT2D eigenvalue weighted by molar-refractivity contribution is 8.26. The highest BCUT2D eigenvalue weighted by Gasteiger charge is 2.31. The zero-order valence-corrected chi connectivity index (χ0v) is 12.1. The van der Waals surface area contributed by atoms with E-state index in [9.17, 15) is 14.7 Å². The van der Waals surface area contributed by atoms with Crippen molar-refractivity contribution in [2.75, 3.05) is 13.7 Å². The molecule has 1 aromatic rings. The first-order chi connectivity index (χ1) is 9.51. The van der Waals surface area contributed by atoms with E-state index in [4.69, 9.17) is 17.0 Å². The van der Waals surface area contributed by atoms with Gasteiger partial charge < -0.3 is 14.6 Å². The Hall–Kier alpha value is -1.86. The molecule has 5 nitrogen and oxygen atoms in total. The van der Waals surface area contributed by atoms with Gasteiger partial charge in [0, 0.05) is 0 Å². The summed E-state index contributed by atoms with van der Waals surface area (Å²) in [6.07, 6.45) is 1.66. The van der Waals surface area contributed by atoms with E-state index < -0.39 is 18.4 Å². The van der Waals surface area contributed by atoms with Crippen LogP contribution in [0.3, 0.4) is 0 Å². The second-order valence-electron chi connectivity index (χ2n) is 3.91. The predicted octanol–water partition coefficient (Wildman–Crippen LogP) is 0.646. The summed E-state index contributed by atoms with van der Waals surface area (Å²) in [5.41, 5.74) is 0.805. The number of carboxylic acids is 1. The van der Waals surface area contributed by atoms with E-state index in [1.165, 1.54) is 0 Å². The number of carboxylic acid groups (broad SMARTS) is 1. The van der Waals surface area contributed by atoms with Crippen LogP contribution in [0, 0.1) is 0 Å². The summed E-state index contributed by atoms with van der Waals surface area (Å²) in [6.45, 7) is -0.523. The van der Waals surface area contributed by atoms with Gasteiger partial charge in [-0.1, -0.05) is 36.1 Å². The van der Waals surface area contributed by atoms with Gasteiger partial charge in [0.25, 0.3) is 5.91 Å². The Morgan fingerprint density at radius 2 is 2.10 bits per heavy atom. The molecule has 1 heterocycles. The monoisotopic (exact) mass is 308 g/mol. The van der Waals surface area contributed by atoms with Crippen molar-refractivity contribution in [1.82, 2.24) is 4.90 Å². The number of benzene rings is 1. The average molecular weight is 308 g/mol. The third-order valence-corrected chi connectivity index (χ3v) is 3.95. The summed E-state index contributed by atoms with van der Waals surface area (Å²) in [5.74, 6) is -1.04. The van der Waals surface area contributed by atoms with Gasteiger partial charge in [0.15, 0.2) is 0 Å². The van der Waals surface area contributed by atoms with E-state index in [2.05, 4.69) is 0 Å². The molecule has 0 radical (unpaired) electrons. The first-order valence-corrected chi connectivity index (χ1v) is 6.83. The van der Waals surface area contributed by atoms with Crippen LogP contribution >= 0.6 is 24.0 Å². The molecule has 0 bridgehead atoms. The molecule has 104 valence electrons. The molecule has 1 fully saturated rings. The van der Waals surface area contributed by atoms with Gasteiger partial charge in [0.05, 0.1) is 24.5 Å². The molecule has 2 rings (SSSR count). The van der Waals surface area contributed by atoms with Crippen LogP contribution in [0.15, 0.2) is 29.2 Å². The van der Waals surface area contributed by atoms with Gasteiger partial charge in [-0.3, -0.25) is 9.69 Å². The molecule has 1 amide bonds. The Balaban J connectivity index is 2.20. The van der Waals surface area contributed by atoms with Gasteiger partial charge in [-0.15, -0.1) is 0 Å². The topological polar surface area (TPSA) is 69.7 Å². The number of thiocarbonyl (C=S) groups is 1. The quantitative estimate of drug-likeness (QED) is 0.601. The molecule has 20 heavy (non-hydrogen) atoms. The van der Waals surface area contributed by atoms with Crippen molar-refractivity contribution in [3.05, 3.63) is 34.7 Å². The van der Waals surface area contributed by atoms with Crippen molar-refractivity contribution in [3.63, 3.8) is 0 Å². The van der Waals surface area contributed by atoms with Crippen molar-refractivity contribution in [1.29, 1.82) is 0 Å². The minimum Gasteiger partial charge on any atom is -0.548 e. The Labute approximate surface area is 125 Å². The fraction of sp³-hybridized carbons (Fsp3) is 0.154. The lowest BCUT2D eigenvalue weighted by Crippen LogP contribution is -2.40. The van der Waals surface area contributed by atoms with Gasteiger partial charge in [0.2, 0.25) is 0 Å². The molecule has 0 unspecified atom stereocenters. The Morgan fingerprint density at radius 3 is 2.65 bits per heavy atom. The fourth-order valence-electron chi connectivity index (χ4n) is 1.62. The molecule has 1 aliphatic rings. The highest BCUT2D eigenvalue weighted by Crippen LogP contribution is 2.32. The van der Waals surface area contributed by atoms with Crippen LogP contribution in [0.25, 0.3) is 6.08 Å². The molecule has 1 aliphatic heterocycles. The summed E-state index contributed by atoms with van der Waals surface area (Å²) in [6, 6.07) is 7.13.